The van der Waals surface area contributed by atoms with Crippen molar-refractivity contribution in [3.8, 4) is 0 Å². The molecule has 0 aromatic carbocycles. The maximum absolute atomic E-state index is 10.5. The number of hydrogen-bond donors (Lipinski definition) is 1. The molecule has 0 aliphatic rings. The van der Waals surface area contributed by atoms with Crippen LogP contribution < -0.4 is 0 Å². The monoisotopic (exact) mass is 234 g/mol. The molecule has 0 fully saturated rings. The van der Waals surface area contributed by atoms with Crippen molar-refractivity contribution in [2.24, 2.45) is 0 Å². The maximum atomic E-state index is 10.5. The standard InChI is InChI=1S/C8H11BrO3/c1-12-8(11)5-3-2-4-7(10)6-9/h2-5,7,10H,6H2,1H3. The third kappa shape index (κ3) is 6.61. The lowest BCUT2D eigenvalue weighted by Gasteiger charge is -2.03. The molecule has 0 bridgehead atoms. The van der Waals surface area contributed by atoms with Crippen molar-refractivity contribution in [2.75, 3.05) is 12.4 Å². The van der Waals surface area contributed by atoms with Gasteiger partial charge in [-0.15, -0.1) is 0 Å². The Hall–Kier alpha value is -0.0900. The quantitative estimate of drug-likeness (QED) is 0.419. The molecule has 0 aliphatic heterocycles. The van der Waals surface area contributed by atoms with E-state index in [2.05, 4.69) is 20.7 Å². The largest absolute Gasteiger partial charge is 0.469 e. The first-order valence-corrected chi connectivity index (χ1v) is 4.49. The lowest BCUT2D eigenvalue weighted by molar-refractivity contribution is -0.136. The summed E-state index contributed by atoms with van der Waals surface area (Å²) in [6.07, 6.45) is 5.42. The first kappa shape index (κ1) is 11.9. The molecular weight excluding hydrogens is 224 g/mol. The van der Waals surface area contributed by atoms with Gasteiger partial charge in [-0.1, -0.05) is 15.9 Å². The van der Waals surface area contributed by atoms with Gasteiger partial charge in [0.15, 0.2) is 0 Å². The number of hydrogen-bond acceptors (Lipinski definition) is 3. The van der Waals surface area contributed by atoms with Gasteiger partial charge in [-0.2, -0.15) is 0 Å². The van der Waals surface area contributed by atoms with Crippen LogP contribution in [0.25, 0.3) is 0 Å². The molecule has 0 aliphatic carbocycles. The van der Waals surface area contributed by atoms with Crippen LogP contribution >= 0.6 is 15.9 Å². The van der Waals surface area contributed by atoms with Gasteiger partial charge < -0.3 is 9.84 Å². The number of esters is 1. The van der Waals surface area contributed by atoms with Crippen molar-refractivity contribution >= 4 is 21.9 Å². The Bertz CT molecular complexity index is 127. The summed E-state index contributed by atoms with van der Waals surface area (Å²) in [5, 5.41) is 9.48. The summed E-state index contributed by atoms with van der Waals surface area (Å²) >= 11 is 3.09. The van der Waals surface area contributed by atoms with Gasteiger partial charge in [0.05, 0.1) is 19.6 Å². The van der Waals surface area contributed by atoms with E-state index in [0.717, 1.165) is 0 Å². The summed E-state index contributed by atoms with van der Waals surface area (Å²) in [5.41, 5.74) is 0. The lowest BCUT2D eigenvalue weighted by Crippen LogP contribution is -2.09. The zero-order chi connectivity index (χ0) is 9.40. The summed E-state index contributed by atoms with van der Waals surface area (Å²) in [6, 6.07) is 0. The molecule has 0 spiro atoms. The van der Waals surface area contributed by atoms with Crippen molar-refractivity contribution in [2.45, 2.75) is 6.10 Å². The highest BCUT2D eigenvalue weighted by molar-refractivity contribution is 9.09. The van der Waals surface area contributed by atoms with E-state index in [1.807, 2.05) is 0 Å². The third-order valence-electron chi connectivity index (χ3n) is 1.04. The summed E-state index contributed by atoms with van der Waals surface area (Å²) in [4.78, 5) is 10.5. The van der Waals surface area contributed by atoms with Gasteiger partial charge >= 0.3 is 5.97 Å². The van der Waals surface area contributed by atoms with E-state index >= 15 is 0 Å². The predicted molar refractivity (Wildman–Crippen MR) is 49.0 cm³/mol. The Morgan fingerprint density at radius 3 is 2.83 bits per heavy atom. The average Bonchev–Trinajstić information content (AvgIpc) is 2.11. The molecule has 68 valence electrons. The molecule has 0 amide bonds. The summed E-state index contributed by atoms with van der Waals surface area (Å²) in [5.74, 6) is -0.409. The second-order valence-corrected chi connectivity index (χ2v) is 2.64. The van der Waals surface area contributed by atoms with Crippen LogP contribution in [-0.2, 0) is 9.53 Å². The summed E-state index contributed by atoms with van der Waals surface area (Å²) in [7, 11) is 1.31. The molecule has 0 rings (SSSR count). The van der Waals surface area contributed by atoms with E-state index in [0.29, 0.717) is 5.33 Å². The number of unbranched alkanes of at least 4 members (excludes halogenated alkanes) is 1. The number of ether oxygens (including phenoxy) is 1. The molecule has 3 nitrogen and oxygen atoms in total. The highest BCUT2D eigenvalue weighted by Crippen LogP contribution is 2.02. The topological polar surface area (TPSA) is 46.5 Å². The Balaban J connectivity index is 3.15. The fourth-order valence-corrected chi connectivity index (χ4v) is 0.662. The van der Waals surface area contributed by atoms with Crippen molar-refractivity contribution in [3.05, 3.63) is 25.7 Å². The van der Waals surface area contributed by atoms with E-state index in [-0.39, 0.29) is 0 Å². The maximum Gasteiger partial charge on any atom is 0.309 e. The molecule has 12 heavy (non-hydrogen) atoms. The third-order valence-corrected chi connectivity index (χ3v) is 1.70. The summed E-state index contributed by atoms with van der Waals surface area (Å²) < 4.78 is 4.35. The number of aliphatic hydroxyl groups is 1. The second-order valence-electron chi connectivity index (χ2n) is 1.99. The van der Waals surface area contributed by atoms with Crippen LogP contribution in [0.2, 0.25) is 0 Å². The van der Waals surface area contributed by atoms with Crippen LogP contribution in [0.4, 0.5) is 0 Å². The van der Waals surface area contributed by atoms with Crippen molar-refractivity contribution < 1.29 is 14.6 Å². The predicted octanol–water partition coefficient (Wildman–Crippen LogP) is 0.732. The minimum Gasteiger partial charge on any atom is -0.469 e. The molecular formula is C8H11BrO3. The van der Waals surface area contributed by atoms with Crippen LogP contribution in [0, 0.1) is 25.7 Å². The molecule has 4 radical (unpaired) electrons. The van der Waals surface area contributed by atoms with Crippen molar-refractivity contribution in [1.29, 1.82) is 0 Å². The lowest BCUT2D eigenvalue weighted by atomic mass is 10.1. The van der Waals surface area contributed by atoms with Crippen LogP contribution in [0.1, 0.15) is 0 Å². The van der Waals surface area contributed by atoms with Gasteiger partial charge in [0, 0.05) is 5.33 Å². The molecule has 1 unspecified atom stereocenters. The van der Waals surface area contributed by atoms with E-state index in [4.69, 9.17) is 5.11 Å². The van der Waals surface area contributed by atoms with E-state index < -0.39 is 12.1 Å². The van der Waals surface area contributed by atoms with Gasteiger partial charge in [0.1, 0.15) is 0 Å². The molecule has 0 saturated heterocycles. The molecule has 4 heteroatoms. The zero-order valence-corrected chi connectivity index (χ0v) is 8.32. The fourth-order valence-electron chi connectivity index (χ4n) is 0.446. The van der Waals surface area contributed by atoms with Crippen molar-refractivity contribution in [1.82, 2.24) is 0 Å². The fraction of sp³-hybridized carbons (Fsp3) is 0.375. The average molecular weight is 235 g/mol. The Morgan fingerprint density at radius 2 is 2.33 bits per heavy atom. The molecule has 1 atom stereocenters. The van der Waals surface area contributed by atoms with Crippen LogP contribution in [0.5, 0.6) is 0 Å². The zero-order valence-electron chi connectivity index (χ0n) is 6.74. The number of carbonyl (C=O) groups excluding carboxylic acids is 1. The minimum absolute atomic E-state index is 0.409. The molecule has 0 aromatic rings. The molecule has 0 aromatic heterocycles. The van der Waals surface area contributed by atoms with Gasteiger partial charge in [0.2, 0.25) is 0 Å². The highest BCUT2D eigenvalue weighted by Gasteiger charge is 2.04. The normalized spacial score (nSPS) is 12.6. The highest BCUT2D eigenvalue weighted by atomic mass is 79.9. The van der Waals surface area contributed by atoms with Gasteiger partial charge in [-0.3, -0.25) is 4.79 Å². The Kier molecular flexibility index (Phi) is 7.50. The molecule has 1 N–H and O–H groups in total. The molecule has 0 saturated carbocycles. The van der Waals surface area contributed by atoms with E-state index in [9.17, 15) is 4.79 Å². The van der Waals surface area contributed by atoms with Gasteiger partial charge in [-0.05, 0) is 19.3 Å². The van der Waals surface area contributed by atoms with Crippen LogP contribution in [0.3, 0.4) is 0 Å². The van der Waals surface area contributed by atoms with Crippen LogP contribution in [0.15, 0.2) is 0 Å². The van der Waals surface area contributed by atoms with E-state index in [1.54, 1.807) is 12.8 Å². The number of halogens is 1. The molecule has 0 heterocycles. The SMILES string of the molecule is COC(=O)[CH][CH][CH][CH]C(O)CBr. The summed E-state index contributed by atoms with van der Waals surface area (Å²) in [6.45, 7) is 0. The van der Waals surface area contributed by atoms with Crippen molar-refractivity contribution in [3.63, 3.8) is 0 Å². The first-order valence-electron chi connectivity index (χ1n) is 3.37. The van der Waals surface area contributed by atoms with Gasteiger partial charge in [-0.25, -0.2) is 0 Å². The minimum atomic E-state index is -0.521. The van der Waals surface area contributed by atoms with Gasteiger partial charge in [0.25, 0.3) is 0 Å². The Morgan fingerprint density at radius 1 is 1.67 bits per heavy atom. The second kappa shape index (κ2) is 7.55. The number of methoxy groups -OCH3 is 1. The van der Waals surface area contributed by atoms with Crippen LogP contribution in [-0.4, -0.2) is 29.6 Å². The number of carbonyl (C=O) groups is 1. The number of rotatable bonds is 6. The Labute approximate surface area is 81.2 Å². The number of alkyl halides is 1. The first-order chi connectivity index (χ1) is 5.70. The number of aliphatic hydroxyl groups excluding tert-OH is 1. The smallest absolute Gasteiger partial charge is 0.309 e. The van der Waals surface area contributed by atoms with E-state index in [1.165, 1.54) is 20.0 Å².